The fraction of sp³-hybridized carbons (Fsp3) is 0.450. The third-order valence-electron chi connectivity index (χ3n) is 15.3. The van der Waals surface area contributed by atoms with Gasteiger partial charge in [0.05, 0.1) is 51.6 Å². The second-order valence-corrected chi connectivity index (χ2v) is 25.5. The number of alkyl halides is 3. The summed E-state index contributed by atoms with van der Waals surface area (Å²) in [7, 11) is -3.33. The SMILES string of the molecule is Cc1ncsc1-c1ccc(CNC(=O)[C@@H]2C[C@@H](O)CN2C(=O)[C@H](C(=O)NC2(F)CC2)C(C)(C)C)c(OCCCCCCCCCn2cc(-c3cnc(N)c4c(-c5ccc(NS(=O)(=O)C(F)F)c(O[C@@H](C)c6ccc(F)cc6)c5)nn(C)c34)cn2)c1. The first-order valence-electron chi connectivity index (χ1n) is 28.3. The van der Waals surface area contributed by atoms with Crippen LogP contribution in [0.3, 0.4) is 0 Å². The zero-order valence-electron chi connectivity index (χ0n) is 48.2. The Bertz CT molecular complexity index is 3660. The van der Waals surface area contributed by atoms with Crippen LogP contribution in [0, 0.1) is 24.1 Å². The molecule has 1 saturated carbocycles. The highest BCUT2D eigenvalue weighted by atomic mass is 32.2. The van der Waals surface area contributed by atoms with Crippen molar-refractivity contribution >= 4 is 61.5 Å². The number of carbonyl (C=O) groups is 3. The third kappa shape index (κ3) is 14.7. The smallest absolute Gasteiger partial charge is 0.355 e. The number of nitrogens with zero attached hydrogens (tertiary/aromatic N) is 7. The van der Waals surface area contributed by atoms with Gasteiger partial charge in [0.15, 0.2) is 5.79 Å². The van der Waals surface area contributed by atoms with Crippen molar-refractivity contribution in [3.63, 3.8) is 0 Å². The van der Waals surface area contributed by atoms with Crippen molar-refractivity contribution in [2.24, 2.45) is 18.4 Å². The van der Waals surface area contributed by atoms with Crippen LogP contribution < -0.4 is 30.6 Å². The highest BCUT2D eigenvalue weighted by molar-refractivity contribution is 7.93. The normalized spacial score (nSPS) is 16.6. The van der Waals surface area contributed by atoms with E-state index in [4.69, 9.17) is 20.3 Å². The minimum absolute atomic E-state index is 0.00928. The first-order chi connectivity index (χ1) is 40.4. The predicted octanol–water partition coefficient (Wildman–Crippen LogP) is 10.4. The number of carbonyl (C=O) groups excluding carboxylic acids is 3. The first kappa shape index (κ1) is 61.9. The highest BCUT2D eigenvalue weighted by Gasteiger charge is 2.51. The molecule has 25 heteroatoms. The van der Waals surface area contributed by atoms with Gasteiger partial charge in [-0.05, 0) is 73.6 Å². The van der Waals surface area contributed by atoms with E-state index in [1.54, 1.807) is 57.3 Å². The molecule has 19 nitrogen and oxygen atoms in total. The molecule has 4 aromatic heterocycles. The molecule has 1 aliphatic carbocycles. The number of pyridine rings is 1. The molecule has 9 rings (SSSR count). The fourth-order valence-electron chi connectivity index (χ4n) is 10.6. The summed E-state index contributed by atoms with van der Waals surface area (Å²) in [6.45, 7) is 9.80. The largest absolute Gasteiger partial charge is 0.493 e. The van der Waals surface area contributed by atoms with Gasteiger partial charge in [-0.3, -0.25) is 28.5 Å². The maximum atomic E-state index is 14.6. The summed E-state index contributed by atoms with van der Waals surface area (Å²) in [6.07, 6.45) is 10.6. The van der Waals surface area contributed by atoms with Crippen molar-refractivity contribution in [2.45, 2.75) is 142 Å². The van der Waals surface area contributed by atoms with E-state index in [1.165, 1.54) is 58.7 Å². The van der Waals surface area contributed by atoms with Gasteiger partial charge in [-0.15, -0.1) is 11.3 Å². The molecule has 0 radical (unpaired) electrons. The molecule has 1 saturated heterocycles. The monoisotopic (exact) mass is 1210 g/mol. The van der Waals surface area contributed by atoms with Crippen LogP contribution >= 0.6 is 11.3 Å². The molecule has 4 atom stereocenters. The van der Waals surface area contributed by atoms with E-state index in [-0.39, 0.29) is 49.6 Å². The van der Waals surface area contributed by atoms with E-state index < -0.39 is 74.7 Å². The number of nitrogen functional groups attached to an aromatic ring is 1. The Morgan fingerprint density at radius 2 is 1.62 bits per heavy atom. The molecule has 7 aromatic rings. The van der Waals surface area contributed by atoms with Crippen molar-refractivity contribution in [1.29, 1.82) is 0 Å². The number of fused-ring (bicyclic) bond motifs is 1. The number of β-amino-alcohol motifs (C(OH)–C–C–N with tert-alkyl or cyclic N) is 1. The van der Waals surface area contributed by atoms with Crippen LogP contribution in [0.1, 0.15) is 115 Å². The maximum Gasteiger partial charge on any atom is 0.355 e. The maximum absolute atomic E-state index is 14.6. The predicted molar refractivity (Wildman–Crippen MR) is 316 cm³/mol. The summed E-state index contributed by atoms with van der Waals surface area (Å²) in [5.74, 6) is -8.44. The van der Waals surface area contributed by atoms with Crippen LogP contribution in [0.25, 0.3) is 43.7 Å². The number of aliphatic hydroxyl groups is 1. The Balaban J connectivity index is 0.770. The number of unbranched alkanes of at least 4 members (excludes halogenated alkanes) is 6. The van der Waals surface area contributed by atoms with Crippen LogP contribution in [0.2, 0.25) is 0 Å². The molecular formula is C60H71F4N11O8S2. The van der Waals surface area contributed by atoms with E-state index in [0.29, 0.717) is 52.2 Å². The van der Waals surface area contributed by atoms with Gasteiger partial charge in [-0.25, -0.2) is 27.2 Å². The number of nitrogens with one attached hydrogen (secondary N) is 3. The Morgan fingerprint density at radius 3 is 2.31 bits per heavy atom. The number of hydrogen-bond acceptors (Lipinski definition) is 14. The van der Waals surface area contributed by atoms with Crippen molar-refractivity contribution in [2.75, 3.05) is 23.6 Å². The number of likely N-dealkylation sites (tertiary alicyclic amines) is 1. The number of aryl methyl sites for hydroxylation is 3. The van der Waals surface area contributed by atoms with Crippen LogP contribution in [0.15, 0.2) is 84.8 Å². The van der Waals surface area contributed by atoms with Crippen LogP contribution in [0.5, 0.6) is 11.5 Å². The lowest BCUT2D eigenvalue weighted by Gasteiger charge is -2.34. The summed E-state index contributed by atoms with van der Waals surface area (Å²) < 4.78 is 98.0. The number of nitrogens with two attached hydrogens (primary N) is 1. The molecule has 0 bridgehead atoms. The Hall–Kier alpha value is -7.64. The average Bonchev–Trinajstić information content (AvgIpc) is 3.73. The highest BCUT2D eigenvalue weighted by Crippen LogP contribution is 2.42. The molecule has 3 amide bonds. The lowest BCUT2D eigenvalue weighted by molar-refractivity contribution is -0.151. The van der Waals surface area contributed by atoms with Crippen molar-refractivity contribution < 1.29 is 54.9 Å². The van der Waals surface area contributed by atoms with Crippen LogP contribution in [-0.4, -0.2) is 103 Å². The molecule has 2 aliphatic rings. The van der Waals surface area contributed by atoms with Crippen molar-refractivity contribution in [1.82, 2.24) is 45.1 Å². The van der Waals surface area contributed by atoms with Crippen molar-refractivity contribution in [3.8, 4) is 44.3 Å². The minimum atomic E-state index is -5.08. The van der Waals surface area contributed by atoms with Crippen LogP contribution in [-0.2, 0) is 44.5 Å². The topological polar surface area (TPSA) is 251 Å². The molecule has 2 fully saturated rings. The number of rotatable bonds is 26. The molecule has 0 spiro atoms. The van der Waals surface area contributed by atoms with Gasteiger partial charge < -0.3 is 35.8 Å². The minimum Gasteiger partial charge on any atom is -0.493 e. The quantitative estimate of drug-likeness (QED) is 0.0147. The van der Waals surface area contributed by atoms with E-state index >= 15 is 0 Å². The summed E-state index contributed by atoms with van der Waals surface area (Å²) in [5, 5.41) is 25.9. The van der Waals surface area contributed by atoms with Gasteiger partial charge in [0.2, 0.25) is 17.7 Å². The Labute approximate surface area is 494 Å². The molecular weight excluding hydrogens is 1140 g/mol. The number of ether oxygens (including phenoxy) is 2. The molecule has 5 heterocycles. The van der Waals surface area contributed by atoms with Gasteiger partial charge in [0, 0.05) is 80.6 Å². The molecule has 6 N–H and O–H groups in total. The van der Waals surface area contributed by atoms with E-state index in [0.717, 1.165) is 72.2 Å². The molecule has 85 heavy (non-hydrogen) atoms. The first-order valence-corrected chi connectivity index (χ1v) is 30.8. The average molecular weight is 1210 g/mol. The second-order valence-electron chi connectivity index (χ2n) is 23.0. The van der Waals surface area contributed by atoms with Crippen molar-refractivity contribution in [3.05, 3.63) is 107 Å². The van der Waals surface area contributed by atoms with Gasteiger partial charge in [0.1, 0.15) is 46.9 Å². The second kappa shape index (κ2) is 25.9. The number of sulfonamides is 1. The number of aliphatic hydroxyl groups excluding tert-OH is 1. The Morgan fingerprint density at radius 1 is 0.929 bits per heavy atom. The van der Waals surface area contributed by atoms with Gasteiger partial charge in [-0.2, -0.15) is 19.0 Å². The summed E-state index contributed by atoms with van der Waals surface area (Å²) in [4.78, 5) is 52.3. The fourth-order valence-corrected chi connectivity index (χ4v) is 12.0. The number of halogens is 4. The summed E-state index contributed by atoms with van der Waals surface area (Å²) in [5.41, 5.74) is 13.2. The third-order valence-corrected chi connectivity index (χ3v) is 17.3. The lowest BCUT2D eigenvalue weighted by Crippen LogP contribution is -2.54. The molecule has 454 valence electrons. The van der Waals surface area contributed by atoms with E-state index in [2.05, 4.69) is 25.7 Å². The zero-order chi connectivity index (χ0) is 61.0. The number of thiazole rings is 1. The lowest BCUT2D eigenvalue weighted by atomic mass is 9.79. The number of aromatic nitrogens is 6. The standard InChI is InChI=1S/C60H71F4N11O8S2/c1-35-53(84-34-68-35)39-14-15-40(29-67-55(77)46-28-43(76)33-75(46)57(79)50(59(3,4)5)56(78)70-60(64)22-23-60)47(27-39)82-25-13-11-9-7-8-10-12-24-74-32-41(30-69-74)44-31-66-54(65)49-51(71-73(6)52(44)49)38-18-21-45(72-85(80,81)58(62)63)48(26-38)83-36(2)37-16-19-42(61)20-17-37/h14-21,26-27,30-32,34,36,43,46,50,58,72,76H,7-13,22-25,28-29,33H2,1-6H3,(H2,65,66)(H,67,77)(H,70,78)/t36-,43+,46-,50-/m0/s1. The number of hydrogen-bond donors (Lipinski definition) is 5. The number of amides is 3. The number of benzene rings is 3. The molecule has 1 aliphatic heterocycles. The summed E-state index contributed by atoms with van der Waals surface area (Å²) >= 11 is 1.52. The van der Waals surface area contributed by atoms with E-state index in [9.17, 15) is 45.5 Å². The molecule has 3 aromatic carbocycles. The number of anilines is 2. The van der Waals surface area contributed by atoms with Gasteiger partial charge >= 0.3 is 5.76 Å². The van der Waals surface area contributed by atoms with Gasteiger partial charge in [-0.1, -0.05) is 83.2 Å². The van der Waals surface area contributed by atoms with E-state index in [1.807, 2.05) is 40.7 Å². The summed E-state index contributed by atoms with van der Waals surface area (Å²) in [6, 6.07) is 14.5. The zero-order valence-corrected chi connectivity index (χ0v) is 49.8. The van der Waals surface area contributed by atoms with Gasteiger partial charge in [0.25, 0.3) is 10.0 Å². The Kier molecular flexibility index (Phi) is 18.9. The molecule has 0 unspecified atom stereocenters. The van der Waals surface area contributed by atoms with Crippen LogP contribution in [0.4, 0.5) is 29.1 Å².